The number of hydrogen-bond donors (Lipinski definition) is 1. The van der Waals surface area contributed by atoms with Crippen LogP contribution in [0.3, 0.4) is 0 Å². The Labute approximate surface area is 154 Å². The molecule has 6 heteroatoms. The number of benzene rings is 1. The van der Waals surface area contributed by atoms with E-state index in [2.05, 4.69) is 20.9 Å². The Hall–Kier alpha value is -1.53. The molecule has 0 bridgehead atoms. The number of carboxylic acid groups (broad SMARTS) is 1. The summed E-state index contributed by atoms with van der Waals surface area (Å²) in [6.45, 7) is 3.57. The molecular weight excluding hydrogens is 390 g/mol. The number of nitrogens with zero attached hydrogens (tertiary/aromatic N) is 1. The van der Waals surface area contributed by atoms with Crippen molar-refractivity contribution in [2.24, 2.45) is 5.41 Å². The zero-order valence-electron chi connectivity index (χ0n) is 13.7. The summed E-state index contributed by atoms with van der Waals surface area (Å²) in [5, 5.41) is 12.1. The number of rotatable bonds is 8. The molecule has 1 atom stereocenters. The first-order valence-electron chi connectivity index (χ1n) is 7.79. The van der Waals surface area contributed by atoms with Crippen molar-refractivity contribution in [2.75, 3.05) is 0 Å². The van der Waals surface area contributed by atoms with Gasteiger partial charge in [0, 0.05) is 28.3 Å². The normalized spacial score (nSPS) is 13.5. The standard InChI is InChI=1S/C18H20BrNO3S/c1-3-7-18(2,17(22)23)10-15(21)9-14-11-24-16(20-14)12-5-4-6-13(19)8-12/h4-6,8,11H,3,7,9-10H2,1-2H3,(H,22,23). The van der Waals surface area contributed by atoms with E-state index >= 15 is 0 Å². The predicted octanol–water partition coefficient (Wildman–Crippen LogP) is 4.97. The summed E-state index contributed by atoms with van der Waals surface area (Å²) < 4.78 is 0.976. The molecule has 2 rings (SSSR count). The number of ketones is 1. The lowest BCUT2D eigenvalue weighted by Gasteiger charge is -2.23. The average Bonchev–Trinajstić information content (AvgIpc) is 2.95. The van der Waals surface area contributed by atoms with Crippen LogP contribution in [0.5, 0.6) is 0 Å². The van der Waals surface area contributed by atoms with Gasteiger partial charge in [0.2, 0.25) is 0 Å². The van der Waals surface area contributed by atoms with Crippen LogP contribution in [0.15, 0.2) is 34.1 Å². The predicted molar refractivity (Wildman–Crippen MR) is 99.2 cm³/mol. The third-order valence-corrected chi connectivity index (χ3v) is 5.34. The van der Waals surface area contributed by atoms with Crippen molar-refractivity contribution in [1.82, 2.24) is 4.98 Å². The molecule has 0 aliphatic carbocycles. The maximum atomic E-state index is 12.3. The highest BCUT2D eigenvalue weighted by Crippen LogP contribution is 2.30. The van der Waals surface area contributed by atoms with Crippen molar-refractivity contribution in [3.63, 3.8) is 0 Å². The summed E-state index contributed by atoms with van der Waals surface area (Å²) in [4.78, 5) is 28.3. The molecule has 0 fully saturated rings. The Bertz CT molecular complexity index is 743. The van der Waals surface area contributed by atoms with Gasteiger partial charge in [-0.1, -0.05) is 41.4 Å². The van der Waals surface area contributed by atoms with E-state index in [1.807, 2.05) is 36.6 Å². The van der Waals surface area contributed by atoms with Gasteiger partial charge in [-0.25, -0.2) is 4.98 Å². The number of Topliss-reactive ketones (excluding diaryl/α,β-unsaturated/α-hetero) is 1. The number of thiazole rings is 1. The zero-order chi connectivity index (χ0) is 17.7. The van der Waals surface area contributed by atoms with Crippen LogP contribution in [-0.4, -0.2) is 21.8 Å². The minimum atomic E-state index is -0.991. The number of halogens is 1. The molecule has 1 N–H and O–H groups in total. The van der Waals surface area contributed by atoms with Gasteiger partial charge in [0.25, 0.3) is 0 Å². The third kappa shape index (κ3) is 4.74. The summed E-state index contributed by atoms with van der Waals surface area (Å²) in [6, 6.07) is 7.84. The second-order valence-electron chi connectivity index (χ2n) is 6.16. The Balaban J connectivity index is 2.06. The van der Waals surface area contributed by atoms with Crippen LogP contribution < -0.4 is 0 Å². The van der Waals surface area contributed by atoms with Crippen LogP contribution in [0, 0.1) is 5.41 Å². The summed E-state index contributed by atoms with van der Waals surface area (Å²) in [5.74, 6) is -0.995. The van der Waals surface area contributed by atoms with Gasteiger partial charge in [-0.05, 0) is 25.5 Å². The molecule has 0 radical (unpaired) electrons. The van der Waals surface area contributed by atoms with E-state index in [0.717, 1.165) is 21.5 Å². The lowest BCUT2D eigenvalue weighted by atomic mass is 9.80. The second-order valence-corrected chi connectivity index (χ2v) is 7.94. The van der Waals surface area contributed by atoms with Crippen molar-refractivity contribution in [3.05, 3.63) is 39.8 Å². The fourth-order valence-electron chi connectivity index (χ4n) is 2.66. The molecule has 2 aromatic rings. The quantitative estimate of drug-likeness (QED) is 0.668. The van der Waals surface area contributed by atoms with Crippen LogP contribution in [0.25, 0.3) is 10.6 Å². The summed E-state index contributed by atoms with van der Waals surface area (Å²) in [6.07, 6.45) is 1.45. The summed E-state index contributed by atoms with van der Waals surface area (Å²) in [5.41, 5.74) is 0.702. The van der Waals surface area contributed by atoms with Gasteiger partial charge in [-0.3, -0.25) is 9.59 Å². The topological polar surface area (TPSA) is 67.3 Å². The van der Waals surface area contributed by atoms with E-state index in [9.17, 15) is 14.7 Å². The van der Waals surface area contributed by atoms with Crippen LogP contribution in [0.4, 0.5) is 0 Å². The van der Waals surface area contributed by atoms with Crippen molar-refractivity contribution >= 4 is 39.0 Å². The minimum absolute atomic E-state index is 0.0416. The highest BCUT2D eigenvalue weighted by Gasteiger charge is 2.34. The third-order valence-electron chi connectivity index (χ3n) is 3.91. The van der Waals surface area contributed by atoms with Gasteiger partial charge in [0.15, 0.2) is 0 Å². The van der Waals surface area contributed by atoms with E-state index in [4.69, 9.17) is 0 Å². The van der Waals surface area contributed by atoms with Gasteiger partial charge >= 0.3 is 5.97 Å². The van der Waals surface area contributed by atoms with Crippen LogP contribution in [0.1, 0.15) is 38.8 Å². The molecule has 1 heterocycles. The number of aliphatic carboxylic acids is 1. The first-order chi connectivity index (χ1) is 11.3. The Morgan fingerprint density at radius 1 is 1.38 bits per heavy atom. The molecular formula is C18H20BrNO3S. The van der Waals surface area contributed by atoms with Crippen molar-refractivity contribution in [2.45, 2.75) is 39.5 Å². The SMILES string of the molecule is CCCC(C)(CC(=O)Cc1csc(-c2cccc(Br)c2)n1)C(=O)O. The molecule has 0 amide bonds. The van der Waals surface area contributed by atoms with E-state index in [0.29, 0.717) is 12.1 Å². The Morgan fingerprint density at radius 2 is 2.12 bits per heavy atom. The molecule has 0 saturated heterocycles. The summed E-state index contributed by atoms with van der Waals surface area (Å²) >= 11 is 4.92. The van der Waals surface area contributed by atoms with E-state index < -0.39 is 11.4 Å². The Kier molecular flexibility index (Phi) is 6.29. The molecule has 0 saturated carbocycles. The smallest absolute Gasteiger partial charge is 0.309 e. The molecule has 0 aliphatic rings. The largest absolute Gasteiger partial charge is 0.481 e. The highest BCUT2D eigenvalue weighted by molar-refractivity contribution is 9.10. The Morgan fingerprint density at radius 3 is 2.75 bits per heavy atom. The molecule has 1 unspecified atom stereocenters. The minimum Gasteiger partial charge on any atom is -0.481 e. The molecule has 1 aromatic heterocycles. The van der Waals surface area contributed by atoms with Crippen LogP contribution in [0.2, 0.25) is 0 Å². The van der Waals surface area contributed by atoms with Gasteiger partial charge < -0.3 is 5.11 Å². The summed E-state index contributed by atoms with van der Waals surface area (Å²) in [7, 11) is 0. The number of hydrogen-bond acceptors (Lipinski definition) is 4. The molecule has 0 spiro atoms. The average molecular weight is 410 g/mol. The fraction of sp³-hybridized carbons (Fsp3) is 0.389. The lowest BCUT2D eigenvalue weighted by molar-refractivity contribution is -0.150. The lowest BCUT2D eigenvalue weighted by Crippen LogP contribution is -2.30. The number of carboxylic acids is 1. The van der Waals surface area contributed by atoms with Gasteiger partial charge in [-0.15, -0.1) is 11.3 Å². The van der Waals surface area contributed by atoms with Crippen molar-refractivity contribution in [3.8, 4) is 10.6 Å². The van der Waals surface area contributed by atoms with Gasteiger partial charge in [-0.2, -0.15) is 0 Å². The first kappa shape index (κ1) is 18.8. The van der Waals surface area contributed by atoms with Gasteiger partial charge in [0.05, 0.1) is 11.1 Å². The van der Waals surface area contributed by atoms with E-state index in [1.165, 1.54) is 11.3 Å². The van der Waals surface area contributed by atoms with Crippen molar-refractivity contribution < 1.29 is 14.7 Å². The van der Waals surface area contributed by atoms with Crippen molar-refractivity contribution in [1.29, 1.82) is 0 Å². The number of carbonyl (C=O) groups is 2. The van der Waals surface area contributed by atoms with Crippen LogP contribution in [-0.2, 0) is 16.0 Å². The number of carbonyl (C=O) groups excluding carboxylic acids is 1. The molecule has 128 valence electrons. The van der Waals surface area contributed by atoms with Gasteiger partial charge in [0.1, 0.15) is 10.8 Å². The first-order valence-corrected chi connectivity index (χ1v) is 9.47. The molecule has 0 aliphatic heterocycles. The monoisotopic (exact) mass is 409 g/mol. The fourth-order valence-corrected chi connectivity index (χ4v) is 3.88. The highest BCUT2D eigenvalue weighted by atomic mass is 79.9. The van der Waals surface area contributed by atoms with Crippen LogP contribution >= 0.6 is 27.3 Å². The molecule has 4 nitrogen and oxygen atoms in total. The second kappa shape index (κ2) is 8.03. The maximum Gasteiger partial charge on any atom is 0.309 e. The number of aromatic nitrogens is 1. The van der Waals surface area contributed by atoms with E-state index in [1.54, 1.807) is 6.92 Å². The molecule has 24 heavy (non-hydrogen) atoms. The molecule has 1 aromatic carbocycles. The van der Waals surface area contributed by atoms with E-state index in [-0.39, 0.29) is 18.6 Å². The zero-order valence-corrected chi connectivity index (χ0v) is 16.1. The maximum absolute atomic E-state index is 12.3.